The third-order valence-electron chi connectivity index (χ3n) is 2.54. The molecule has 0 aromatic rings. The molecule has 0 nitrogen and oxygen atoms in total. The molecule has 0 N–H and O–H groups in total. The maximum atomic E-state index is 12.1. The van der Waals surface area contributed by atoms with Gasteiger partial charge in [-0.25, -0.2) is 4.39 Å². The van der Waals surface area contributed by atoms with Gasteiger partial charge in [0.15, 0.2) is 0 Å². The molecule has 0 rings (SSSR count). The van der Waals surface area contributed by atoms with E-state index in [9.17, 15) is 4.39 Å². The topological polar surface area (TPSA) is 0 Å². The van der Waals surface area contributed by atoms with E-state index in [0.717, 1.165) is 6.42 Å². The van der Waals surface area contributed by atoms with Crippen LogP contribution in [0.15, 0.2) is 0 Å². The molecule has 0 spiro atoms. The second-order valence-electron chi connectivity index (χ2n) is 4.02. The summed E-state index contributed by atoms with van der Waals surface area (Å²) in [5, 5.41) is 0. The molecule has 0 bridgehead atoms. The Morgan fingerprint density at radius 1 is 0.929 bits per heavy atom. The molecule has 86 valence electrons. The summed E-state index contributed by atoms with van der Waals surface area (Å²) in [5.41, 5.74) is 0. The minimum absolute atomic E-state index is 0.156. The molecule has 0 amide bonds. The van der Waals surface area contributed by atoms with Crippen molar-refractivity contribution in [2.45, 2.75) is 68.6 Å². The Kier molecular flexibility index (Phi) is 12.3. The first-order valence-electron chi connectivity index (χ1n) is 6.01. The van der Waals surface area contributed by atoms with E-state index in [-0.39, 0.29) is 10.6 Å². The van der Waals surface area contributed by atoms with Crippen LogP contribution in [-0.4, -0.2) is 10.6 Å². The summed E-state index contributed by atoms with van der Waals surface area (Å²) in [7, 11) is 0. The molecule has 0 fully saturated rings. The van der Waals surface area contributed by atoms with E-state index in [1.165, 1.54) is 51.4 Å². The molecule has 0 aromatic carbocycles. The molecule has 0 heterocycles. The van der Waals surface area contributed by atoms with Crippen LogP contribution < -0.4 is 0 Å². The standard InChI is InChI=1S/C12H24FI/c1-2-3-4-5-6-7-8-9-10-12(14)11-13/h12H,2-11H2,1H3. The highest BCUT2D eigenvalue weighted by atomic mass is 127. The molecule has 1 unspecified atom stereocenters. The third-order valence-corrected chi connectivity index (χ3v) is 3.49. The Hall–Kier alpha value is 0.660. The van der Waals surface area contributed by atoms with Crippen LogP contribution in [-0.2, 0) is 0 Å². The summed E-state index contributed by atoms with van der Waals surface area (Å²) in [5.74, 6) is 0. The fourth-order valence-corrected chi connectivity index (χ4v) is 2.02. The molecule has 0 aliphatic heterocycles. The van der Waals surface area contributed by atoms with Gasteiger partial charge in [0.1, 0.15) is 6.67 Å². The van der Waals surface area contributed by atoms with Crippen molar-refractivity contribution in [3.05, 3.63) is 0 Å². The van der Waals surface area contributed by atoms with Crippen molar-refractivity contribution >= 4 is 22.6 Å². The van der Waals surface area contributed by atoms with E-state index >= 15 is 0 Å². The first-order valence-corrected chi connectivity index (χ1v) is 7.25. The average molecular weight is 314 g/mol. The largest absolute Gasteiger partial charge is 0.250 e. The van der Waals surface area contributed by atoms with E-state index in [1.54, 1.807) is 0 Å². The number of rotatable bonds is 10. The van der Waals surface area contributed by atoms with Gasteiger partial charge in [-0.3, -0.25) is 0 Å². The lowest BCUT2D eigenvalue weighted by atomic mass is 10.1. The molecule has 0 aromatic heterocycles. The van der Waals surface area contributed by atoms with Crippen molar-refractivity contribution in [1.82, 2.24) is 0 Å². The molecule has 0 radical (unpaired) electrons. The highest BCUT2D eigenvalue weighted by Crippen LogP contribution is 2.14. The first-order chi connectivity index (χ1) is 6.81. The molecular weight excluding hydrogens is 290 g/mol. The number of hydrogen-bond acceptors (Lipinski definition) is 0. The zero-order valence-corrected chi connectivity index (χ0v) is 11.6. The number of unbranched alkanes of at least 4 members (excludes halogenated alkanes) is 7. The van der Waals surface area contributed by atoms with E-state index < -0.39 is 0 Å². The van der Waals surface area contributed by atoms with Gasteiger partial charge < -0.3 is 0 Å². The minimum Gasteiger partial charge on any atom is -0.250 e. The maximum absolute atomic E-state index is 12.1. The monoisotopic (exact) mass is 314 g/mol. The minimum atomic E-state index is -0.156. The molecular formula is C12H24FI. The van der Waals surface area contributed by atoms with Crippen molar-refractivity contribution in [2.75, 3.05) is 6.67 Å². The number of halogens is 2. The predicted molar refractivity (Wildman–Crippen MR) is 71.0 cm³/mol. The lowest BCUT2D eigenvalue weighted by Crippen LogP contribution is -1.98. The van der Waals surface area contributed by atoms with Crippen LogP contribution in [0.5, 0.6) is 0 Å². The van der Waals surface area contributed by atoms with Crippen molar-refractivity contribution < 1.29 is 4.39 Å². The van der Waals surface area contributed by atoms with Gasteiger partial charge in [-0.15, -0.1) is 0 Å². The maximum Gasteiger partial charge on any atom is 0.101 e. The fourth-order valence-electron chi connectivity index (χ4n) is 1.58. The number of alkyl halides is 2. The summed E-state index contributed by atoms with van der Waals surface area (Å²) in [6.07, 6.45) is 11.8. The normalized spacial score (nSPS) is 13.1. The molecule has 0 aliphatic carbocycles. The van der Waals surface area contributed by atoms with Gasteiger partial charge in [0.25, 0.3) is 0 Å². The van der Waals surface area contributed by atoms with Crippen molar-refractivity contribution in [3.63, 3.8) is 0 Å². The quantitative estimate of drug-likeness (QED) is 0.292. The summed E-state index contributed by atoms with van der Waals surface area (Å²) < 4.78 is 12.4. The molecule has 2 heteroatoms. The Morgan fingerprint density at radius 3 is 1.93 bits per heavy atom. The van der Waals surface area contributed by atoms with E-state index in [2.05, 4.69) is 29.5 Å². The summed E-state index contributed by atoms with van der Waals surface area (Å²) >= 11 is 2.21. The van der Waals surface area contributed by atoms with Crippen LogP contribution in [0, 0.1) is 0 Å². The van der Waals surface area contributed by atoms with Crippen LogP contribution in [0.3, 0.4) is 0 Å². The van der Waals surface area contributed by atoms with Gasteiger partial charge in [-0.1, -0.05) is 80.9 Å². The van der Waals surface area contributed by atoms with Crippen LogP contribution in [0.4, 0.5) is 4.39 Å². The lowest BCUT2D eigenvalue weighted by Gasteiger charge is -2.04. The van der Waals surface area contributed by atoms with Crippen molar-refractivity contribution in [3.8, 4) is 0 Å². The summed E-state index contributed by atoms with van der Waals surface area (Å²) in [4.78, 5) is 0. The van der Waals surface area contributed by atoms with E-state index in [0.29, 0.717) is 0 Å². The zero-order valence-electron chi connectivity index (χ0n) is 9.40. The van der Waals surface area contributed by atoms with E-state index in [4.69, 9.17) is 0 Å². The van der Waals surface area contributed by atoms with Crippen molar-refractivity contribution in [2.24, 2.45) is 0 Å². The molecule has 0 saturated heterocycles. The highest BCUT2D eigenvalue weighted by Gasteiger charge is 2.01. The fraction of sp³-hybridized carbons (Fsp3) is 1.00. The van der Waals surface area contributed by atoms with Crippen LogP contribution in [0.25, 0.3) is 0 Å². The van der Waals surface area contributed by atoms with E-state index in [1.807, 2.05) is 0 Å². The van der Waals surface area contributed by atoms with Gasteiger partial charge in [0.2, 0.25) is 0 Å². The first kappa shape index (κ1) is 14.7. The molecule has 0 aliphatic rings. The summed E-state index contributed by atoms with van der Waals surface area (Å²) in [6.45, 7) is 2.09. The number of hydrogen-bond donors (Lipinski definition) is 0. The Labute approximate surface area is 102 Å². The SMILES string of the molecule is CCCCCCCCCCC(I)CF. The smallest absolute Gasteiger partial charge is 0.101 e. The second-order valence-corrected chi connectivity index (χ2v) is 5.78. The lowest BCUT2D eigenvalue weighted by molar-refractivity contribution is 0.467. The average Bonchev–Trinajstić information content (AvgIpc) is 2.21. The Balaban J connectivity index is 2.92. The highest BCUT2D eigenvalue weighted by molar-refractivity contribution is 14.1. The van der Waals surface area contributed by atoms with Gasteiger partial charge in [-0.2, -0.15) is 0 Å². The molecule has 0 saturated carbocycles. The molecule has 14 heavy (non-hydrogen) atoms. The van der Waals surface area contributed by atoms with Crippen molar-refractivity contribution in [1.29, 1.82) is 0 Å². The summed E-state index contributed by atoms with van der Waals surface area (Å²) in [6, 6.07) is 0. The molecule has 1 atom stereocenters. The van der Waals surface area contributed by atoms with Gasteiger partial charge in [-0.05, 0) is 6.42 Å². The Morgan fingerprint density at radius 2 is 1.43 bits per heavy atom. The third kappa shape index (κ3) is 10.7. The van der Waals surface area contributed by atoms with Crippen LogP contribution in [0.2, 0.25) is 0 Å². The van der Waals surface area contributed by atoms with Crippen LogP contribution in [0.1, 0.15) is 64.7 Å². The van der Waals surface area contributed by atoms with Gasteiger partial charge in [0, 0.05) is 3.92 Å². The van der Waals surface area contributed by atoms with Gasteiger partial charge in [0.05, 0.1) is 0 Å². The van der Waals surface area contributed by atoms with Crippen LogP contribution >= 0.6 is 22.6 Å². The van der Waals surface area contributed by atoms with Gasteiger partial charge >= 0.3 is 0 Å². The Bertz CT molecular complexity index is 106. The zero-order chi connectivity index (χ0) is 10.6. The second kappa shape index (κ2) is 11.7. The predicted octanol–water partition coefficient (Wildman–Crippen LogP) is 5.29.